The molecule has 88 valence electrons. The summed E-state index contributed by atoms with van der Waals surface area (Å²) in [5, 5.41) is 9.00. The number of rotatable bonds is 2. The predicted octanol–water partition coefficient (Wildman–Crippen LogP) is 1.96. The highest BCUT2D eigenvalue weighted by Gasteiger charge is 2.25. The number of nitriles is 1. The van der Waals surface area contributed by atoms with Gasteiger partial charge in [-0.15, -0.1) is 0 Å². The van der Waals surface area contributed by atoms with Crippen LogP contribution in [0.25, 0.3) is 0 Å². The molecule has 1 saturated heterocycles. The molecule has 4 heteroatoms. The second-order valence-corrected chi connectivity index (χ2v) is 3.98. The van der Waals surface area contributed by atoms with E-state index in [0.717, 1.165) is 5.57 Å². The zero-order chi connectivity index (χ0) is 12.1. The third-order valence-electron chi connectivity index (χ3n) is 2.48. The van der Waals surface area contributed by atoms with Crippen LogP contribution in [0.5, 0.6) is 0 Å². The molecule has 16 heavy (non-hydrogen) atoms. The number of hydrogen-bond acceptors (Lipinski definition) is 4. The van der Waals surface area contributed by atoms with Crippen molar-refractivity contribution in [1.29, 1.82) is 5.26 Å². The number of hydrogen-bond donors (Lipinski definition) is 0. The normalized spacial score (nSPS) is 24.8. The van der Waals surface area contributed by atoms with Gasteiger partial charge in [-0.05, 0) is 39.2 Å². The molecule has 0 N–H and O–H groups in total. The summed E-state index contributed by atoms with van der Waals surface area (Å²) in [5.74, 6) is -0.513. The average molecular weight is 223 g/mol. The monoisotopic (exact) mass is 223 g/mol. The minimum atomic E-state index is -0.513. The number of carbonyl (C=O) groups is 1. The molecule has 0 spiro atoms. The molecule has 4 nitrogen and oxygen atoms in total. The third-order valence-corrected chi connectivity index (χ3v) is 2.48. The second kappa shape index (κ2) is 5.66. The van der Waals surface area contributed by atoms with Crippen LogP contribution in [-0.4, -0.2) is 24.8 Å². The maximum atomic E-state index is 11.5. The van der Waals surface area contributed by atoms with Crippen molar-refractivity contribution in [3.63, 3.8) is 0 Å². The Morgan fingerprint density at radius 2 is 2.06 bits per heavy atom. The molecule has 0 radical (unpaired) electrons. The Balaban J connectivity index is 2.90. The van der Waals surface area contributed by atoms with Gasteiger partial charge < -0.3 is 9.47 Å². The molecule has 1 rings (SSSR count). The van der Waals surface area contributed by atoms with Crippen molar-refractivity contribution in [1.82, 2.24) is 0 Å². The molecule has 1 aliphatic heterocycles. The van der Waals surface area contributed by atoms with Crippen molar-refractivity contribution >= 4 is 5.97 Å². The lowest BCUT2D eigenvalue weighted by molar-refractivity contribution is -0.138. The molecule has 0 aromatic heterocycles. The molecule has 0 aromatic rings. The lowest BCUT2D eigenvalue weighted by Gasteiger charge is -2.27. The lowest BCUT2D eigenvalue weighted by atomic mass is 9.94. The first-order chi connectivity index (χ1) is 7.58. The van der Waals surface area contributed by atoms with Gasteiger partial charge in [0, 0.05) is 0 Å². The molecule has 0 aromatic carbocycles. The van der Waals surface area contributed by atoms with Gasteiger partial charge in [0.05, 0.1) is 18.8 Å². The predicted molar refractivity (Wildman–Crippen MR) is 58.5 cm³/mol. The Morgan fingerprint density at radius 3 is 2.50 bits per heavy atom. The fourth-order valence-corrected chi connectivity index (χ4v) is 1.95. The molecule has 1 aliphatic rings. The summed E-state index contributed by atoms with van der Waals surface area (Å²) in [6, 6.07) is 1.95. The van der Waals surface area contributed by atoms with Gasteiger partial charge in [0.15, 0.2) is 0 Å². The van der Waals surface area contributed by atoms with Crippen molar-refractivity contribution < 1.29 is 14.3 Å². The minimum absolute atomic E-state index is 0.0523. The summed E-state index contributed by atoms with van der Waals surface area (Å²) in [6.45, 7) is 5.90. The van der Waals surface area contributed by atoms with E-state index in [1.165, 1.54) is 0 Å². The van der Waals surface area contributed by atoms with Gasteiger partial charge in [-0.3, -0.25) is 0 Å². The van der Waals surface area contributed by atoms with Crippen LogP contribution in [0.3, 0.4) is 0 Å². The van der Waals surface area contributed by atoms with Gasteiger partial charge in [0.1, 0.15) is 11.6 Å². The van der Waals surface area contributed by atoms with Gasteiger partial charge in [-0.2, -0.15) is 5.26 Å². The Hall–Kier alpha value is -1.34. The van der Waals surface area contributed by atoms with Crippen LogP contribution in [-0.2, 0) is 14.3 Å². The minimum Gasteiger partial charge on any atom is -0.462 e. The maximum Gasteiger partial charge on any atom is 0.348 e. The van der Waals surface area contributed by atoms with Gasteiger partial charge in [0.2, 0.25) is 0 Å². The van der Waals surface area contributed by atoms with Crippen LogP contribution in [0.4, 0.5) is 0 Å². The zero-order valence-electron chi connectivity index (χ0n) is 9.95. The fraction of sp³-hybridized carbons (Fsp3) is 0.667. The van der Waals surface area contributed by atoms with Crippen LogP contribution >= 0.6 is 0 Å². The van der Waals surface area contributed by atoms with Gasteiger partial charge in [-0.1, -0.05) is 0 Å². The molecule has 0 saturated carbocycles. The van der Waals surface area contributed by atoms with E-state index in [2.05, 4.69) is 0 Å². The van der Waals surface area contributed by atoms with E-state index in [4.69, 9.17) is 14.7 Å². The second-order valence-electron chi connectivity index (χ2n) is 3.98. The Labute approximate surface area is 95.8 Å². The molecule has 0 amide bonds. The highest BCUT2D eigenvalue weighted by Crippen LogP contribution is 2.26. The number of carbonyl (C=O) groups excluding carboxylic acids is 1. The smallest absolute Gasteiger partial charge is 0.348 e. The summed E-state index contributed by atoms with van der Waals surface area (Å²) in [4.78, 5) is 11.5. The number of ether oxygens (including phenoxy) is 2. The molecular weight excluding hydrogens is 206 g/mol. The molecule has 0 bridgehead atoms. The molecule has 1 fully saturated rings. The van der Waals surface area contributed by atoms with Gasteiger partial charge >= 0.3 is 5.97 Å². The Kier molecular flexibility index (Phi) is 4.51. The largest absolute Gasteiger partial charge is 0.462 e. The summed E-state index contributed by atoms with van der Waals surface area (Å²) < 4.78 is 10.4. The van der Waals surface area contributed by atoms with Crippen molar-refractivity contribution in [2.45, 2.75) is 45.8 Å². The molecule has 0 aliphatic carbocycles. The number of esters is 1. The van der Waals surface area contributed by atoms with Crippen LogP contribution in [0.15, 0.2) is 11.1 Å². The molecule has 1 heterocycles. The van der Waals surface area contributed by atoms with E-state index in [1.807, 2.05) is 19.9 Å². The van der Waals surface area contributed by atoms with Crippen LogP contribution in [0.1, 0.15) is 33.6 Å². The van der Waals surface area contributed by atoms with Crippen LogP contribution in [0, 0.1) is 11.3 Å². The molecule has 2 unspecified atom stereocenters. The van der Waals surface area contributed by atoms with Crippen molar-refractivity contribution in [2.75, 3.05) is 6.61 Å². The lowest BCUT2D eigenvalue weighted by Crippen LogP contribution is -2.26. The van der Waals surface area contributed by atoms with Crippen molar-refractivity contribution in [3.05, 3.63) is 11.1 Å². The highest BCUT2D eigenvalue weighted by molar-refractivity contribution is 5.93. The summed E-state index contributed by atoms with van der Waals surface area (Å²) in [5.41, 5.74) is 1.01. The SMILES string of the molecule is CCOC(=O)C(C#N)=C1CC(C)OC(C)C1. The summed E-state index contributed by atoms with van der Waals surface area (Å²) >= 11 is 0. The van der Waals surface area contributed by atoms with E-state index < -0.39 is 5.97 Å². The van der Waals surface area contributed by atoms with E-state index in [0.29, 0.717) is 19.4 Å². The summed E-state index contributed by atoms with van der Waals surface area (Å²) in [7, 11) is 0. The standard InChI is InChI=1S/C12H17NO3/c1-4-15-12(14)11(7-13)10-5-8(2)16-9(3)6-10/h8-9H,4-6H2,1-3H3. The molecular formula is C12H17NO3. The fourth-order valence-electron chi connectivity index (χ4n) is 1.95. The first kappa shape index (κ1) is 12.7. The van der Waals surface area contributed by atoms with E-state index >= 15 is 0 Å². The highest BCUT2D eigenvalue weighted by atomic mass is 16.5. The van der Waals surface area contributed by atoms with Gasteiger partial charge in [0.25, 0.3) is 0 Å². The quantitative estimate of drug-likeness (QED) is 0.408. The van der Waals surface area contributed by atoms with Crippen molar-refractivity contribution in [2.24, 2.45) is 0 Å². The van der Waals surface area contributed by atoms with Crippen molar-refractivity contribution in [3.8, 4) is 6.07 Å². The zero-order valence-corrected chi connectivity index (χ0v) is 9.95. The van der Waals surface area contributed by atoms with E-state index in [-0.39, 0.29) is 17.8 Å². The average Bonchev–Trinajstić information content (AvgIpc) is 2.17. The van der Waals surface area contributed by atoms with Crippen LogP contribution in [0.2, 0.25) is 0 Å². The first-order valence-corrected chi connectivity index (χ1v) is 5.53. The van der Waals surface area contributed by atoms with E-state index in [1.54, 1.807) is 6.92 Å². The van der Waals surface area contributed by atoms with E-state index in [9.17, 15) is 4.79 Å². The number of nitrogens with zero attached hydrogens (tertiary/aromatic N) is 1. The Morgan fingerprint density at radius 1 is 1.50 bits per heavy atom. The maximum absolute atomic E-state index is 11.5. The van der Waals surface area contributed by atoms with Gasteiger partial charge in [-0.25, -0.2) is 4.79 Å². The first-order valence-electron chi connectivity index (χ1n) is 5.53. The third kappa shape index (κ3) is 3.07. The molecule has 2 atom stereocenters. The Bertz CT molecular complexity index is 329. The summed E-state index contributed by atoms with van der Waals surface area (Å²) in [6.07, 6.45) is 1.37. The van der Waals surface area contributed by atoms with Crippen LogP contribution < -0.4 is 0 Å². The topological polar surface area (TPSA) is 59.3 Å².